The molecule has 1 heterocycles. The van der Waals surface area contributed by atoms with Gasteiger partial charge in [-0.3, -0.25) is 9.59 Å². The average Bonchev–Trinajstić information content (AvgIpc) is 3.30. The Kier molecular flexibility index (Phi) is 4.03. The van der Waals surface area contributed by atoms with Gasteiger partial charge < -0.3 is 10.3 Å². The minimum absolute atomic E-state index is 0.406. The largest absolute Gasteiger partial charge is 0.417 e. The Morgan fingerprint density at radius 2 is 1.96 bits per heavy atom. The van der Waals surface area contributed by atoms with E-state index in [-0.39, 0.29) is 0 Å². The van der Waals surface area contributed by atoms with Gasteiger partial charge in [-0.15, -0.1) is 0 Å². The number of nitrogens with one attached hydrogen (secondary N) is 2. The van der Waals surface area contributed by atoms with E-state index in [4.69, 9.17) is 0 Å². The molecule has 24 heavy (non-hydrogen) atoms. The van der Waals surface area contributed by atoms with E-state index in [1.54, 1.807) is 18.2 Å². The predicted molar refractivity (Wildman–Crippen MR) is 85.7 cm³/mol. The summed E-state index contributed by atoms with van der Waals surface area (Å²) < 4.78 is 39.1. The van der Waals surface area contributed by atoms with Gasteiger partial charge in [0.15, 0.2) is 0 Å². The summed E-state index contributed by atoms with van der Waals surface area (Å²) in [5.74, 6) is -0.481. The van der Waals surface area contributed by atoms with Crippen molar-refractivity contribution in [2.24, 2.45) is 0 Å². The minimum atomic E-state index is -4.61. The van der Waals surface area contributed by atoms with Crippen LogP contribution in [0.2, 0.25) is 0 Å². The highest BCUT2D eigenvalue weighted by Crippen LogP contribution is 2.49. The van der Waals surface area contributed by atoms with Crippen LogP contribution in [0.15, 0.2) is 45.8 Å². The number of alkyl halides is 3. The lowest BCUT2D eigenvalue weighted by atomic mass is 9.95. The number of pyridine rings is 1. The van der Waals surface area contributed by atoms with Gasteiger partial charge in [0.05, 0.1) is 11.0 Å². The first kappa shape index (κ1) is 16.8. The summed E-state index contributed by atoms with van der Waals surface area (Å²) in [5, 5.41) is 2.35. The van der Waals surface area contributed by atoms with Crippen molar-refractivity contribution in [2.45, 2.75) is 24.4 Å². The first-order chi connectivity index (χ1) is 11.2. The molecule has 1 aromatic heterocycles. The highest BCUT2D eigenvalue weighted by Gasteiger charge is 2.51. The van der Waals surface area contributed by atoms with Crippen molar-refractivity contribution >= 4 is 27.5 Å². The van der Waals surface area contributed by atoms with Crippen LogP contribution in [-0.2, 0) is 16.4 Å². The molecule has 1 aromatic carbocycles. The van der Waals surface area contributed by atoms with Gasteiger partial charge in [-0.05, 0) is 36.6 Å². The lowest BCUT2D eigenvalue weighted by Gasteiger charge is -2.16. The van der Waals surface area contributed by atoms with Gasteiger partial charge >= 0.3 is 6.18 Å². The van der Waals surface area contributed by atoms with E-state index in [9.17, 15) is 22.8 Å². The fourth-order valence-electron chi connectivity index (χ4n) is 2.54. The molecule has 0 bridgehead atoms. The van der Waals surface area contributed by atoms with E-state index in [1.807, 2.05) is 11.1 Å². The number of anilines is 1. The van der Waals surface area contributed by atoms with Crippen molar-refractivity contribution < 1.29 is 18.0 Å². The summed E-state index contributed by atoms with van der Waals surface area (Å²) in [6.45, 7) is 0. The lowest BCUT2D eigenvalue weighted by molar-refractivity contribution is -0.137. The van der Waals surface area contributed by atoms with Crippen LogP contribution in [0.25, 0.3) is 0 Å². The summed E-state index contributed by atoms with van der Waals surface area (Å²) >= 11 is 3.33. The van der Waals surface area contributed by atoms with Crippen molar-refractivity contribution in [1.82, 2.24) is 4.98 Å². The Hall–Kier alpha value is -2.09. The van der Waals surface area contributed by atoms with Crippen molar-refractivity contribution in [3.63, 3.8) is 0 Å². The highest BCUT2D eigenvalue weighted by molar-refractivity contribution is 9.10. The lowest BCUT2D eigenvalue weighted by Crippen LogP contribution is -2.30. The molecule has 1 aliphatic rings. The third-order valence-corrected chi connectivity index (χ3v) is 4.53. The summed E-state index contributed by atoms with van der Waals surface area (Å²) in [6, 6.07) is 7.82. The van der Waals surface area contributed by atoms with E-state index in [0.29, 0.717) is 25.1 Å². The van der Waals surface area contributed by atoms with Gasteiger partial charge in [0.25, 0.3) is 5.56 Å². The van der Waals surface area contributed by atoms with Crippen LogP contribution in [0, 0.1) is 0 Å². The molecule has 4 nitrogen and oxygen atoms in total. The Bertz CT molecular complexity index is 857. The van der Waals surface area contributed by atoms with Gasteiger partial charge in [-0.25, -0.2) is 0 Å². The zero-order valence-corrected chi connectivity index (χ0v) is 13.8. The number of benzene rings is 1. The van der Waals surface area contributed by atoms with Crippen molar-refractivity contribution in [1.29, 1.82) is 0 Å². The summed E-state index contributed by atoms with van der Waals surface area (Å²) in [5.41, 5.74) is -2.25. The third kappa shape index (κ3) is 3.10. The number of H-pyrrole nitrogens is 1. The van der Waals surface area contributed by atoms with Crippen molar-refractivity contribution in [2.75, 3.05) is 5.32 Å². The molecule has 2 N–H and O–H groups in total. The normalized spacial score (nSPS) is 15.8. The first-order valence-electron chi connectivity index (χ1n) is 7.10. The molecule has 8 heteroatoms. The van der Waals surface area contributed by atoms with Gasteiger partial charge in [0.2, 0.25) is 5.91 Å². The summed E-state index contributed by atoms with van der Waals surface area (Å²) in [7, 11) is 0. The van der Waals surface area contributed by atoms with Crippen LogP contribution in [0.1, 0.15) is 24.0 Å². The van der Waals surface area contributed by atoms with Crippen molar-refractivity contribution in [3.05, 3.63) is 62.5 Å². The molecule has 1 aliphatic carbocycles. The van der Waals surface area contributed by atoms with E-state index in [2.05, 4.69) is 21.2 Å². The van der Waals surface area contributed by atoms with Gasteiger partial charge in [-0.1, -0.05) is 28.1 Å². The monoisotopic (exact) mass is 400 g/mol. The van der Waals surface area contributed by atoms with E-state index < -0.39 is 34.3 Å². The molecule has 0 saturated heterocycles. The number of hydrogen-bond acceptors (Lipinski definition) is 2. The Morgan fingerprint density at radius 3 is 2.54 bits per heavy atom. The molecule has 0 spiro atoms. The minimum Gasteiger partial charge on any atom is -0.327 e. The van der Waals surface area contributed by atoms with E-state index >= 15 is 0 Å². The second-order valence-electron chi connectivity index (χ2n) is 5.68. The molecule has 0 aliphatic heterocycles. The molecule has 0 atom stereocenters. The highest BCUT2D eigenvalue weighted by atomic mass is 79.9. The Labute approximate surface area is 143 Å². The predicted octanol–water partition coefficient (Wildman–Crippen LogP) is 3.83. The quantitative estimate of drug-likeness (QED) is 0.822. The van der Waals surface area contributed by atoms with Crippen LogP contribution in [0.5, 0.6) is 0 Å². The van der Waals surface area contributed by atoms with Gasteiger partial charge in [0, 0.05) is 10.7 Å². The number of halogens is 4. The van der Waals surface area contributed by atoms with Crippen LogP contribution in [0.3, 0.4) is 0 Å². The van der Waals surface area contributed by atoms with Crippen LogP contribution in [0.4, 0.5) is 18.9 Å². The molecule has 0 unspecified atom stereocenters. The zero-order valence-electron chi connectivity index (χ0n) is 12.2. The number of carbonyl (C=O) groups excluding carboxylic acids is 1. The maximum Gasteiger partial charge on any atom is 0.417 e. The fourth-order valence-corrected chi connectivity index (χ4v) is 2.94. The van der Waals surface area contributed by atoms with Crippen LogP contribution >= 0.6 is 15.9 Å². The Balaban J connectivity index is 1.89. The van der Waals surface area contributed by atoms with E-state index in [1.165, 1.54) is 0 Å². The first-order valence-corrected chi connectivity index (χ1v) is 7.89. The fraction of sp³-hybridized carbons (Fsp3) is 0.250. The van der Waals surface area contributed by atoms with Crippen LogP contribution < -0.4 is 10.9 Å². The number of aromatic amines is 1. The molecular weight excluding hydrogens is 389 g/mol. The summed E-state index contributed by atoms with van der Waals surface area (Å²) in [4.78, 5) is 26.3. The number of rotatable bonds is 3. The second kappa shape index (κ2) is 5.77. The SMILES string of the molecule is O=C(Nc1cc(C(F)(F)F)c[nH]c1=O)C1(c2cccc(Br)c2)CC1. The molecular formula is C16H12BrF3N2O2. The molecule has 2 aromatic rings. The standard InChI is InChI=1S/C16H12BrF3N2O2/c17-11-3-1-2-9(6-11)15(4-5-15)14(24)22-12-7-10(16(18,19)20)8-21-13(12)23/h1-3,6-8H,4-5H2,(H,21,23)(H,22,24). The maximum absolute atomic E-state index is 12.8. The molecule has 3 rings (SSSR count). The maximum atomic E-state index is 12.8. The topological polar surface area (TPSA) is 62.0 Å². The third-order valence-electron chi connectivity index (χ3n) is 4.04. The number of amides is 1. The average molecular weight is 401 g/mol. The molecule has 126 valence electrons. The molecule has 1 saturated carbocycles. The van der Waals surface area contributed by atoms with Crippen molar-refractivity contribution in [3.8, 4) is 0 Å². The zero-order chi connectivity index (χ0) is 17.5. The molecule has 0 radical (unpaired) electrons. The van der Waals surface area contributed by atoms with Gasteiger partial charge in [0.1, 0.15) is 5.69 Å². The second-order valence-corrected chi connectivity index (χ2v) is 6.59. The smallest absolute Gasteiger partial charge is 0.327 e. The van der Waals surface area contributed by atoms with Crippen LogP contribution in [-0.4, -0.2) is 10.9 Å². The Morgan fingerprint density at radius 1 is 1.25 bits per heavy atom. The van der Waals surface area contributed by atoms with E-state index in [0.717, 1.165) is 10.0 Å². The number of carbonyl (C=O) groups is 1. The number of hydrogen-bond donors (Lipinski definition) is 2. The molecule has 1 amide bonds. The van der Waals surface area contributed by atoms with Gasteiger partial charge in [-0.2, -0.15) is 13.2 Å². The molecule has 1 fully saturated rings. The number of aromatic nitrogens is 1. The summed E-state index contributed by atoms with van der Waals surface area (Å²) in [6.07, 6.45) is -2.87.